The summed E-state index contributed by atoms with van der Waals surface area (Å²) in [5, 5.41) is 0. The molecule has 0 aromatic heterocycles. The molecule has 3 rings (SSSR count). The van der Waals surface area contributed by atoms with Crippen molar-refractivity contribution in [2.45, 2.75) is 32.6 Å². The van der Waals surface area contributed by atoms with Crippen molar-refractivity contribution in [2.75, 3.05) is 23.8 Å². The first-order valence-corrected chi connectivity index (χ1v) is 8.58. The topological polar surface area (TPSA) is 55.6 Å². The van der Waals surface area contributed by atoms with Gasteiger partial charge in [-0.25, -0.2) is 0 Å². The number of nitrogen functional groups attached to an aromatic ring is 1. The highest BCUT2D eigenvalue weighted by atomic mass is 16.5. The van der Waals surface area contributed by atoms with Crippen LogP contribution in [0, 0.1) is 0 Å². The summed E-state index contributed by atoms with van der Waals surface area (Å²) in [7, 11) is 0. The molecule has 1 aliphatic rings. The molecule has 2 N–H and O–H groups in total. The summed E-state index contributed by atoms with van der Waals surface area (Å²) in [6, 6.07) is 14.0. The van der Waals surface area contributed by atoms with Crippen LogP contribution in [0.1, 0.15) is 30.9 Å². The first kappa shape index (κ1) is 16.4. The lowest BCUT2D eigenvalue weighted by Gasteiger charge is -2.29. The minimum Gasteiger partial charge on any atom is -0.492 e. The average molecular weight is 324 g/mol. The number of hydrogen-bond donors (Lipinski definition) is 1. The van der Waals surface area contributed by atoms with Gasteiger partial charge in [0.1, 0.15) is 5.75 Å². The molecule has 4 nitrogen and oxygen atoms in total. The zero-order valence-corrected chi connectivity index (χ0v) is 14.1. The molecule has 1 heterocycles. The molecule has 24 heavy (non-hydrogen) atoms. The van der Waals surface area contributed by atoms with Crippen LogP contribution in [-0.2, 0) is 17.6 Å². The third kappa shape index (κ3) is 3.53. The number of carbonyl (C=O) groups excluding carboxylic acids is 1. The van der Waals surface area contributed by atoms with Gasteiger partial charge >= 0.3 is 0 Å². The fraction of sp³-hybridized carbons (Fsp3) is 0.350. The van der Waals surface area contributed by atoms with Gasteiger partial charge in [-0.05, 0) is 55.5 Å². The van der Waals surface area contributed by atoms with E-state index in [0.717, 1.165) is 30.6 Å². The number of rotatable bonds is 5. The van der Waals surface area contributed by atoms with Crippen molar-refractivity contribution >= 4 is 17.3 Å². The summed E-state index contributed by atoms with van der Waals surface area (Å²) in [6.07, 6.45) is 3.25. The van der Waals surface area contributed by atoms with Gasteiger partial charge in [-0.15, -0.1) is 0 Å². The van der Waals surface area contributed by atoms with Crippen molar-refractivity contribution in [3.63, 3.8) is 0 Å². The van der Waals surface area contributed by atoms with Gasteiger partial charge in [-0.3, -0.25) is 4.79 Å². The molecule has 0 bridgehead atoms. The van der Waals surface area contributed by atoms with E-state index in [4.69, 9.17) is 10.5 Å². The molecular weight excluding hydrogens is 300 g/mol. The van der Waals surface area contributed by atoms with Crippen LogP contribution >= 0.6 is 0 Å². The summed E-state index contributed by atoms with van der Waals surface area (Å²) in [5.41, 5.74) is 10.0. The van der Waals surface area contributed by atoms with Crippen molar-refractivity contribution in [3.05, 3.63) is 53.6 Å². The summed E-state index contributed by atoms with van der Waals surface area (Å²) in [5.74, 6) is 0.882. The quantitative estimate of drug-likeness (QED) is 0.855. The van der Waals surface area contributed by atoms with E-state index in [9.17, 15) is 4.79 Å². The van der Waals surface area contributed by atoms with Gasteiger partial charge in [-0.1, -0.05) is 24.3 Å². The number of amides is 1. The molecule has 1 aliphatic heterocycles. The Kier molecular flexibility index (Phi) is 5.04. The Balaban J connectivity index is 1.65. The van der Waals surface area contributed by atoms with Crippen LogP contribution in [-0.4, -0.2) is 19.1 Å². The average Bonchev–Trinajstić information content (AvgIpc) is 2.61. The largest absolute Gasteiger partial charge is 0.492 e. The molecule has 0 aliphatic carbocycles. The second-order valence-electron chi connectivity index (χ2n) is 6.08. The monoisotopic (exact) mass is 324 g/mol. The van der Waals surface area contributed by atoms with Crippen molar-refractivity contribution in [3.8, 4) is 5.75 Å². The van der Waals surface area contributed by atoms with E-state index in [-0.39, 0.29) is 5.91 Å². The van der Waals surface area contributed by atoms with Crippen LogP contribution in [0.4, 0.5) is 11.4 Å². The number of ether oxygens (including phenoxy) is 1. The Labute approximate surface area is 143 Å². The number of hydrogen-bond acceptors (Lipinski definition) is 3. The standard InChI is InChI=1S/C20H24N2O2/c1-2-24-19-11-9-15(14-17(19)21)10-12-20(23)22-13-5-7-16-6-3-4-8-18(16)22/h3-4,6,8-9,11,14H,2,5,7,10,12-13,21H2,1H3. The van der Waals surface area contributed by atoms with Gasteiger partial charge in [-0.2, -0.15) is 0 Å². The number of aryl methyl sites for hydroxylation is 2. The fourth-order valence-electron chi connectivity index (χ4n) is 3.22. The van der Waals surface area contributed by atoms with Gasteiger partial charge in [0.2, 0.25) is 5.91 Å². The maximum absolute atomic E-state index is 12.7. The maximum atomic E-state index is 12.7. The number of anilines is 2. The number of carbonyl (C=O) groups is 1. The summed E-state index contributed by atoms with van der Waals surface area (Å²) in [4.78, 5) is 14.6. The first-order valence-electron chi connectivity index (χ1n) is 8.58. The minimum atomic E-state index is 0.176. The molecule has 0 saturated carbocycles. The Morgan fingerprint density at radius 2 is 2.08 bits per heavy atom. The Bertz CT molecular complexity index is 727. The maximum Gasteiger partial charge on any atom is 0.227 e. The van der Waals surface area contributed by atoms with Gasteiger partial charge in [0.05, 0.1) is 12.3 Å². The Hall–Kier alpha value is -2.49. The molecule has 0 atom stereocenters. The van der Waals surface area contributed by atoms with Crippen LogP contribution in [0.3, 0.4) is 0 Å². The number of para-hydroxylation sites is 1. The molecule has 2 aromatic carbocycles. The number of nitrogens with two attached hydrogens (primary N) is 1. The third-order valence-electron chi connectivity index (χ3n) is 4.41. The number of fused-ring (bicyclic) bond motifs is 1. The number of nitrogens with zero attached hydrogens (tertiary/aromatic N) is 1. The van der Waals surface area contributed by atoms with Gasteiger partial charge in [0.15, 0.2) is 0 Å². The summed E-state index contributed by atoms with van der Waals surface area (Å²) >= 11 is 0. The highest BCUT2D eigenvalue weighted by Crippen LogP contribution is 2.28. The lowest BCUT2D eigenvalue weighted by atomic mass is 10.0. The lowest BCUT2D eigenvalue weighted by molar-refractivity contribution is -0.118. The predicted octanol–water partition coefficient (Wildman–Crippen LogP) is 3.58. The fourth-order valence-corrected chi connectivity index (χ4v) is 3.22. The molecule has 0 fully saturated rings. The van der Waals surface area contributed by atoms with Gasteiger partial charge < -0.3 is 15.4 Å². The smallest absolute Gasteiger partial charge is 0.227 e. The van der Waals surface area contributed by atoms with Crippen molar-refractivity contribution in [1.82, 2.24) is 0 Å². The highest BCUT2D eigenvalue weighted by Gasteiger charge is 2.21. The van der Waals surface area contributed by atoms with E-state index >= 15 is 0 Å². The van der Waals surface area contributed by atoms with Crippen molar-refractivity contribution < 1.29 is 9.53 Å². The first-order chi connectivity index (χ1) is 11.7. The highest BCUT2D eigenvalue weighted by molar-refractivity contribution is 5.94. The predicted molar refractivity (Wildman–Crippen MR) is 97.5 cm³/mol. The van der Waals surface area contributed by atoms with Crippen LogP contribution in [0.5, 0.6) is 5.75 Å². The third-order valence-corrected chi connectivity index (χ3v) is 4.41. The van der Waals surface area contributed by atoms with Crippen molar-refractivity contribution in [2.24, 2.45) is 0 Å². The zero-order valence-electron chi connectivity index (χ0n) is 14.1. The molecule has 0 unspecified atom stereocenters. The van der Waals surface area contributed by atoms with E-state index in [0.29, 0.717) is 30.9 Å². The van der Waals surface area contributed by atoms with E-state index in [1.54, 1.807) is 0 Å². The van der Waals surface area contributed by atoms with E-state index in [2.05, 4.69) is 6.07 Å². The molecule has 2 aromatic rings. The number of benzene rings is 2. The Morgan fingerprint density at radius 3 is 2.88 bits per heavy atom. The zero-order chi connectivity index (χ0) is 16.9. The van der Waals surface area contributed by atoms with Crippen LogP contribution in [0.2, 0.25) is 0 Å². The van der Waals surface area contributed by atoms with E-state index in [1.165, 1.54) is 5.56 Å². The molecule has 0 saturated heterocycles. The lowest BCUT2D eigenvalue weighted by Crippen LogP contribution is -2.35. The van der Waals surface area contributed by atoms with Crippen molar-refractivity contribution in [1.29, 1.82) is 0 Å². The van der Waals surface area contributed by atoms with E-state index < -0.39 is 0 Å². The second kappa shape index (κ2) is 7.39. The molecule has 1 amide bonds. The second-order valence-corrected chi connectivity index (χ2v) is 6.08. The minimum absolute atomic E-state index is 0.176. The molecule has 0 spiro atoms. The summed E-state index contributed by atoms with van der Waals surface area (Å²) in [6.45, 7) is 3.33. The molecule has 0 radical (unpaired) electrons. The van der Waals surface area contributed by atoms with Crippen LogP contribution in [0.15, 0.2) is 42.5 Å². The van der Waals surface area contributed by atoms with Gasteiger partial charge in [0, 0.05) is 18.7 Å². The van der Waals surface area contributed by atoms with E-state index in [1.807, 2.05) is 48.2 Å². The normalized spacial score (nSPS) is 13.5. The van der Waals surface area contributed by atoms with Crippen LogP contribution < -0.4 is 15.4 Å². The van der Waals surface area contributed by atoms with Gasteiger partial charge in [0.25, 0.3) is 0 Å². The molecule has 4 heteroatoms. The SMILES string of the molecule is CCOc1ccc(CCC(=O)N2CCCc3ccccc32)cc1N. The molecular formula is C20H24N2O2. The molecule has 126 valence electrons. The summed E-state index contributed by atoms with van der Waals surface area (Å²) < 4.78 is 5.45. The van der Waals surface area contributed by atoms with Crippen LogP contribution in [0.25, 0.3) is 0 Å². The Morgan fingerprint density at radius 1 is 1.25 bits per heavy atom.